The van der Waals surface area contributed by atoms with Crippen molar-refractivity contribution in [3.63, 3.8) is 0 Å². The number of carbonyl (C=O) groups is 1. The third-order valence-corrected chi connectivity index (χ3v) is 5.42. The van der Waals surface area contributed by atoms with Gasteiger partial charge in [0.1, 0.15) is 17.9 Å². The van der Waals surface area contributed by atoms with Crippen LogP contribution in [0.5, 0.6) is 5.75 Å². The summed E-state index contributed by atoms with van der Waals surface area (Å²) in [5.41, 5.74) is 3.55. The van der Waals surface area contributed by atoms with E-state index in [1.165, 1.54) is 0 Å². The first kappa shape index (κ1) is 20.7. The summed E-state index contributed by atoms with van der Waals surface area (Å²) in [4.78, 5) is 19.1. The standard InChI is InChI=1S/C23H28N4O2/c1-17-14-20(15-19(16-24)22(17)29-4)26-10-12-27(13-11-26)21(23(28)25(2)3)18-8-6-5-7-9-18/h5-9,14-15,21H,10-13H2,1-4H3. The molecule has 0 bridgehead atoms. The van der Waals surface area contributed by atoms with Crippen LogP contribution in [-0.2, 0) is 4.79 Å². The summed E-state index contributed by atoms with van der Waals surface area (Å²) in [5.74, 6) is 0.729. The van der Waals surface area contributed by atoms with E-state index in [9.17, 15) is 10.1 Å². The zero-order valence-electron chi connectivity index (χ0n) is 17.6. The Morgan fingerprint density at radius 3 is 2.34 bits per heavy atom. The highest BCUT2D eigenvalue weighted by atomic mass is 16.5. The number of nitriles is 1. The molecule has 0 aromatic heterocycles. The van der Waals surface area contributed by atoms with E-state index in [4.69, 9.17) is 4.74 Å². The summed E-state index contributed by atoms with van der Waals surface area (Å²) in [5, 5.41) is 9.45. The van der Waals surface area contributed by atoms with Gasteiger partial charge in [0.15, 0.2) is 0 Å². The van der Waals surface area contributed by atoms with Gasteiger partial charge in [0, 0.05) is 46.0 Å². The van der Waals surface area contributed by atoms with Crippen LogP contribution in [0.3, 0.4) is 0 Å². The lowest BCUT2D eigenvalue weighted by Gasteiger charge is -2.40. The zero-order valence-corrected chi connectivity index (χ0v) is 17.6. The van der Waals surface area contributed by atoms with E-state index in [0.717, 1.165) is 43.0 Å². The van der Waals surface area contributed by atoms with Crippen molar-refractivity contribution in [1.82, 2.24) is 9.80 Å². The lowest BCUT2D eigenvalue weighted by atomic mass is 10.0. The van der Waals surface area contributed by atoms with Crippen LogP contribution in [-0.4, -0.2) is 63.1 Å². The third kappa shape index (κ3) is 4.36. The Kier molecular flexibility index (Phi) is 6.40. The van der Waals surface area contributed by atoms with Crippen molar-refractivity contribution in [2.24, 2.45) is 0 Å². The minimum Gasteiger partial charge on any atom is -0.495 e. The van der Waals surface area contributed by atoms with E-state index >= 15 is 0 Å². The molecule has 1 unspecified atom stereocenters. The number of carbonyl (C=O) groups excluding carboxylic acids is 1. The SMILES string of the molecule is COc1c(C)cc(N2CCN(C(C(=O)N(C)C)c3ccccc3)CC2)cc1C#N. The number of hydrogen-bond acceptors (Lipinski definition) is 5. The van der Waals surface area contributed by atoms with Crippen LogP contribution in [0, 0.1) is 18.3 Å². The van der Waals surface area contributed by atoms with Gasteiger partial charge < -0.3 is 14.5 Å². The molecule has 0 saturated carbocycles. The molecule has 6 nitrogen and oxygen atoms in total. The van der Waals surface area contributed by atoms with Crippen molar-refractivity contribution in [3.05, 3.63) is 59.2 Å². The summed E-state index contributed by atoms with van der Waals surface area (Å²) in [7, 11) is 5.20. The highest BCUT2D eigenvalue weighted by molar-refractivity contribution is 5.83. The minimum absolute atomic E-state index is 0.0942. The molecule has 1 saturated heterocycles. The number of ether oxygens (including phenoxy) is 1. The normalized spacial score (nSPS) is 15.5. The molecule has 1 fully saturated rings. The molecule has 0 radical (unpaired) electrons. The largest absolute Gasteiger partial charge is 0.495 e. The van der Waals surface area contributed by atoms with Crippen LogP contribution in [0.15, 0.2) is 42.5 Å². The number of benzene rings is 2. The van der Waals surface area contributed by atoms with Crippen molar-refractivity contribution >= 4 is 11.6 Å². The fraction of sp³-hybridized carbons (Fsp3) is 0.391. The van der Waals surface area contributed by atoms with Crippen LogP contribution in [0.1, 0.15) is 22.7 Å². The second-order valence-electron chi connectivity index (χ2n) is 7.52. The van der Waals surface area contributed by atoms with Gasteiger partial charge in [0.05, 0.1) is 12.7 Å². The maximum atomic E-state index is 12.9. The average Bonchev–Trinajstić information content (AvgIpc) is 2.74. The maximum Gasteiger partial charge on any atom is 0.244 e. The van der Waals surface area contributed by atoms with Gasteiger partial charge in [0.25, 0.3) is 0 Å². The van der Waals surface area contributed by atoms with Gasteiger partial charge in [0.2, 0.25) is 5.91 Å². The van der Waals surface area contributed by atoms with Crippen LogP contribution >= 0.6 is 0 Å². The lowest BCUT2D eigenvalue weighted by Crippen LogP contribution is -2.51. The molecule has 6 heteroatoms. The first-order chi connectivity index (χ1) is 14.0. The summed E-state index contributed by atoms with van der Waals surface area (Å²) >= 11 is 0. The molecule has 152 valence electrons. The highest BCUT2D eigenvalue weighted by Gasteiger charge is 2.31. The van der Waals surface area contributed by atoms with Gasteiger partial charge in [-0.2, -0.15) is 5.26 Å². The molecule has 2 aromatic rings. The quantitative estimate of drug-likeness (QED) is 0.783. The number of anilines is 1. The van der Waals surface area contributed by atoms with Gasteiger partial charge in [-0.1, -0.05) is 30.3 Å². The van der Waals surface area contributed by atoms with Gasteiger partial charge in [-0.3, -0.25) is 9.69 Å². The Labute approximate surface area is 172 Å². The number of methoxy groups -OCH3 is 1. The van der Waals surface area contributed by atoms with Gasteiger partial charge in [-0.25, -0.2) is 0 Å². The Morgan fingerprint density at radius 1 is 1.14 bits per heavy atom. The number of hydrogen-bond donors (Lipinski definition) is 0. The first-order valence-corrected chi connectivity index (χ1v) is 9.80. The monoisotopic (exact) mass is 392 g/mol. The smallest absolute Gasteiger partial charge is 0.244 e. The van der Waals surface area contributed by atoms with E-state index in [1.54, 1.807) is 26.1 Å². The van der Waals surface area contributed by atoms with E-state index in [2.05, 4.69) is 21.9 Å². The minimum atomic E-state index is -0.277. The number of piperazine rings is 1. The number of aryl methyl sites for hydroxylation is 1. The topological polar surface area (TPSA) is 59.8 Å². The van der Waals surface area contributed by atoms with E-state index in [0.29, 0.717) is 11.3 Å². The molecule has 3 rings (SSSR count). The molecule has 29 heavy (non-hydrogen) atoms. The summed E-state index contributed by atoms with van der Waals surface area (Å²) in [6.07, 6.45) is 0. The van der Waals surface area contributed by atoms with E-state index in [1.807, 2.05) is 43.3 Å². The molecule has 2 aromatic carbocycles. The number of likely N-dealkylation sites (N-methyl/N-ethyl adjacent to an activating group) is 1. The van der Waals surface area contributed by atoms with E-state index < -0.39 is 0 Å². The predicted molar refractivity (Wildman–Crippen MR) is 114 cm³/mol. The van der Waals surface area contributed by atoms with Crippen LogP contribution in [0.2, 0.25) is 0 Å². The fourth-order valence-electron chi connectivity index (χ4n) is 3.92. The van der Waals surface area contributed by atoms with Crippen molar-refractivity contribution < 1.29 is 9.53 Å². The Balaban J connectivity index is 1.79. The summed E-state index contributed by atoms with van der Waals surface area (Å²) < 4.78 is 5.36. The van der Waals surface area contributed by atoms with Crippen LogP contribution in [0.4, 0.5) is 5.69 Å². The second kappa shape index (κ2) is 8.97. The molecule has 0 N–H and O–H groups in total. The molecule has 1 atom stereocenters. The third-order valence-electron chi connectivity index (χ3n) is 5.42. The second-order valence-corrected chi connectivity index (χ2v) is 7.52. The Morgan fingerprint density at radius 2 is 1.79 bits per heavy atom. The molecular formula is C23H28N4O2. The predicted octanol–water partition coefficient (Wildman–Crippen LogP) is 2.83. The van der Waals surface area contributed by atoms with Gasteiger partial charge >= 0.3 is 0 Å². The number of amides is 1. The molecule has 0 aliphatic carbocycles. The summed E-state index contributed by atoms with van der Waals surface area (Å²) in [6, 6.07) is 15.9. The van der Waals surface area contributed by atoms with Crippen LogP contribution in [0.25, 0.3) is 0 Å². The average molecular weight is 393 g/mol. The van der Waals surface area contributed by atoms with Crippen LogP contribution < -0.4 is 9.64 Å². The summed E-state index contributed by atoms with van der Waals surface area (Å²) in [6.45, 7) is 5.08. The maximum absolute atomic E-state index is 12.9. The molecule has 0 spiro atoms. The first-order valence-electron chi connectivity index (χ1n) is 9.80. The van der Waals surface area contributed by atoms with E-state index in [-0.39, 0.29) is 11.9 Å². The van der Waals surface area contributed by atoms with Crippen molar-refractivity contribution in [3.8, 4) is 11.8 Å². The van der Waals surface area contributed by atoms with Crippen molar-refractivity contribution in [1.29, 1.82) is 5.26 Å². The molecule has 1 amide bonds. The molecular weight excluding hydrogens is 364 g/mol. The Bertz CT molecular complexity index is 897. The number of rotatable bonds is 5. The molecule has 1 aliphatic rings. The highest BCUT2D eigenvalue weighted by Crippen LogP contribution is 2.31. The van der Waals surface area contributed by atoms with Crippen molar-refractivity contribution in [2.75, 3.05) is 52.3 Å². The fourth-order valence-corrected chi connectivity index (χ4v) is 3.92. The van der Waals surface area contributed by atoms with Gasteiger partial charge in [-0.15, -0.1) is 0 Å². The number of nitrogens with zero attached hydrogens (tertiary/aromatic N) is 4. The van der Waals surface area contributed by atoms with Crippen molar-refractivity contribution in [2.45, 2.75) is 13.0 Å². The zero-order chi connectivity index (χ0) is 21.0. The Hall–Kier alpha value is -3.04. The molecule has 1 heterocycles. The lowest BCUT2D eigenvalue weighted by molar-refractivity contribution is -0.134. The molecule has 1 aliphatic heterocycles. The van der Waals surface area contributed by atoms with Gasteiger partial charge in [-0.05, 0) is 30.2 Å².